The molecule has 1 aliphatic rings. The Bertz CT molecular complexity index is 747. The van der Waals surface area contributed by atoms with Crippen LogP contribution in [0.3, 0.4) is 0 Å². The van der Waals surface area contributed by atoms with Crippen LogP contribution in [0.25, 0.3) is 11.3 Å². The highest BCUT2D eigenvalue weighted by atomic mass is 32.1. The monoisotopic (exact) mass is 340 g/mol. The van der Waals surface area contributed by atoms with Gasteiger partial charge in [0.2, 0.25) is 5.91 Å². The number of hydrogen-bond acceptors (Lipinski definition) is 5. The number of nitriles is 1. The van der Waals surface area contributed by atoms with Crippen molar-refractivity contribution in [3.05, 3.63) is 40.2 Å². The predicted octanol–water partition coefficient (Wildman–Crippen LogP) is 2.69. The summed E-state index contributed by atoms with van der Waals surface area (Å²) in [5, 5.41) is 18.1. The number of rotatable bonds is 4. The van der Waals surface area contributed by atoms with Crippen LogP contribution >= 0.6 is 11.3 Å². The summed E-state index contributed by atoms with van der Waals surface area (Å²) in [5.74, 6) is 0.140. The van der Waals surface area contributed by atoms with Crippen LogP contribution in [0.15, 0.2) is 29.6 Å². The molecule has 0 spiro atoms. The lowest BCUT2D eigenvalue weighted by Crippen LogP contribution is -2.46. The van der Waals surface area contributed by atoms with E-state index in [0.29, 0.717) is 12.1 Å². The van der Waals surface area contributed by atoms with Gasteiger partial charge in [0.25, 0.3) is 0 Å². The lowest BCUT2D eigenvalue weighted by Gasteiger charge is -2.28. The lowest BCUT2D eigenvalue weighted by atomic mass is 9.91. The minimum atomic E-state index is 0.0386. The summed E-state index contributed by atoms with van der Waals surface area (Å²) < 4.78 is 0. The third-order valence-corrected chi connectivity index (χ3v) is 5.22. The maximum Gasteiger partial charge on any atom is 0.225 e. The SMILES string of the molecule is C[C@@H]1NCCC[C@@H]1C(=O)NCc1nc(-c2ccc(C#N)cc2)cs1. The van der Waals surface area contributed by atoms with Crippen LogP contribution in [-0.4, -0.2) is 23.5 Å². The fourth-order valence-corrected chi connectivity index (χ4v) is 3.68. The molecule has 5 nitrogen and oxygen atoms in total. The average molecular weight is 340 g/mol. The Morgan fingerprint density at radius 2 is 2.25 bits per heavy atom. The molecule has 1 aliphatic heterocycles. The van der Waals surface area contributed by atoms with Crippen molar-refractivity contribution in [2.24, 2.45) is 5.92 Å². The lowest BCUT2D eigenvalue weighted by molar-refractivity contribution is -0.126. The Labute approximate surface area is 145 Å². The fraction of sp³-hybridized carbons (Fsp3) is 0.389. The van der Waals surface area contributed by atoms with Crippen LogP contribution in [0, 0.1) is 17.2 Å². The first kappa shape index (κ1) is 16.6. The van der Waals surface area contributed by atoms with E-state index in [1.165, 1.54) is 11.3 Å². The molecule has 0 bridgehead atoms. The first-order valence-corrected chi connectivity index (χ1v) is 9.01. The quantitative estimate of drug-likeness (QED) is 0.897. The van der Waals surface area contributed by atoms with Crippen LogP contribution in [0.1, 0.15) is 30.3 Å². The number of aromatic nitrogens is 1. The number of carbonyl (C=O) groups excluding carboxylic acids is 1. The molecule has 0 saturated carbocycles. The van der Waals surface area contributed by atoms with E-state index >= 15 is 0 Å². The summed E-state index contributed by atoms with van der Waals surface area (Å²) in [7, 11) is 0. The molecule has 2 N–H and O–H groups in total. The van der Waals surface area contributed by atoms with Gasteiger partial charge in [0.15, 0.2) is 0 Å². The molecule has 2 heterocycles. The maximum atomic E-state index is 12.3. The molecule has 0 aliphatic carbocycles. The molecular weight excluding hydrogens is 320 g/mol. The normalized spacial score (nSPS) is 20.3. The van der Waals surface area contributed by atoms with E-state index in [1.807, 2.05) is 17.5 Å². The number of thiazole rings is 1. The summed E-state index contributed by atoms with van der Waals surface area (Å²) >= 11 is 1.54. The van der Waals surface area contributed by atoms with Crippen molar-refractivity contribution in [3.8, 4) is 17.3 Å². The number of amides is 1. The zero-order chi connectivity index (χ0) is 16.9. The Balaban J connectivity index is 1.59. The number of nitrogens with one attached hydrogen (secondary N) is 2. The summed E-state index contributed by atoms with van der Waals surface area (Å²) in [6.45, 7) is 3.52. The van der Waals surface area contributed by atoms with E-state index in [-0.39, 0.29) is 17.9 Å². The second-order valence-corrected chi connectivity index (χ2v) is 6.97. The number of nitrogens with zero attached hydrogens (tertiary/aromatic N) is 2. The van der Waals surface area contributed by atoms with Crippen molar-refractivity contribution >= 4 is 17.2 Å². The van der Waals surface area contributed by atoms with Gasteiger partial charge in [-0.3, -0.25) is 4.79 Å². The molecule has 3 rings (SSSR count). The molecule has 2 aromatic rings. The van der Waals surface area contributed by atoms with Gasteiger partial charge in [-0.25, -0.2) is 4.98 Å². The van der Waals surface area contributed by atoms with Crippen LogP contribution in [0.2, 0.25) is 0 Å². The average Bonchev–Trinajstić information content (AvgIpc) is 3.09. The van der Waals surface area contributed by atoms with Crippen molar-refractivity contribution in [1.29, 1.82) is 5.26 Å². The number of carbonyl (C=O) groups is 1. The zero-order valence-electron chi connectivity index (χ0n) is 13.6. The van der Waals surface area contributed by atoms with Gasteiger partial charge in [0.1, 0.15) is 5.01 Å². The Hall–Kier alpha value is -2.23. The largest absolute Gasteiger partial charge is 0.349 e. The van der Waals surface area contributed by atoms with Crippen molar-refractivity contribution in [3.63, 3.8) is 0 Å². The number of hydrogen-bond donors (Lipinski definition) is 2. The van der Waals surface area contributed by atoms with Gasteiger partial charge >= 0.3 is 0 Å². The first-order valence-electron chi connectivity index (χ1n) is 8.13. The third kappa shape index (κ3) is 3.81. The minimum absolute atomic E-state index is 0.0386. The molecule has 1 saturated heterocycles. The molecule has 6 heteroatoms. The summed E-state index contributed by atoms with van der Waals surface area (Å²) in [5.41, 5.74) is 2.49. The second-order valence-electron chi connectivity index (χ2n) is 6.02. The summed E-state index contributed by atoms with van der Waals surface area (Å²) in [4.78, 5) is 16.9. The van der Waals surface area contributed by atoms with Crippen molar-refractivity contribution in [2.45, 2.75) is 32.4 Å². The van der Waals surface area contributed by atoms with Crippen molar-refractivity contribution in [2.75, 3.05) is 6.54 Å². The van der Waals surface area contributed by atoms with E-state index in [2.05, 4.69) is 28.6 Å². The first-order chi connectivity index (χ1) is 11.7. The smallest absolute Gasteiger partial charge is 0.225 e. The highest BCUT2D eigenvalue weighted by Crippen LogP contribution is 2.22. The topological polar surface area (TPSA) is 77.8 Å². The van der Waals surface area contributed by atoms with E-state index in [9.17, 15) is 4.79 Å². The van der Waals surface area contributed by atoms with Gasteiger partial charge in [0.05, 0.1) is 29.8 Å². The molecular formula is C18H20N4OS. The summed E-state index contributed by atoms with van der Waals surface area (Å²) in [6, 6.07) is 9.69. The molecule has 0 unspecified atom stereocenters. The molecule has 1 amide bonds. The highest BCUT2D eigenvalue weighted by molar-refractivity contribution is 7.09. The molecule has 2 atom stereocenters. The van der Waals surface area contributed by atoms with Crippen molar-refractivity contribution < 1.29 is 4.79 Å². The van der Waals surface area contributed by atoms with Gasteiger partial charge in [-0.15, -0.1) is 11.3 Å². The number of benzene rings is 1. The standard InChI is InChI=1S/C18H20N4OS/c1-12-15(3-2-8-20-12)18(23)21-10-17-22-16(11-24-17)14-6-4-13(9-19)5-7-14/h4-7,11-12,15,20H,2-3,8,10H2,1H3,(H,21,23)/t12-,15-/m0/s1. The Kier molecular flexibility index (Phi) is 5.24. The molecule has 0 radical (unpaired) electrons. The predicted molar refractivity (Wildman–Crippen MR) is 94.3 cm³/mol. The molecule has 1 aromatic carbocycles. The van der Waals surface area contributed by atoms with Gasteiger partial charge in [-0.1, -0.05) is 12.1 Å². The van der Waals surface area contributed by atoms with Crippen LogP contribution < -0.4 is 10.6 Å². The van der Waals surface area contributed by atoms with E-state index in [4.69, 9.17) is 5.26 Å². The molecule has 1 fully saturated rings. The van der Waals surface area contributed by atoms with Crippen LogP contribution in [0.4, 0.5) is 0 Å². The van der Waals surface area contributed by atoms with Gasteiger partial charge in [-0.05, 0) is 38.4 Å². The highest BCUT2D eigenvalue weighted by Gasteiger charge is 2.27. The molecule has 1 aromatic heterocycles. The van der Waals surface area contributed by atoms with Gasteiger partial charge in [-0.2, -0.15) is 5.26 Å². The van der Waals surface area contributed by atoms with Crippen LogP contribution in [-0.2, 0) is 11.3 Å². The van der Waals surface area contributed by atoms with Gasteiger partial charge in [0, 0.05) is 17.0 Å². The van der Waals surface area contributed by atoms with E-state index < -0.39 is 0 Å². The second kappa shape index (κ2) is 7.56. The minimum Gasteiger partial charge on any atom is -0.349 e. The van der Waals surface area contributed by atoms with Crippen LogP contribution in [0.5, 0.6) is 0 Å². The Morgan fingerprint density at radius 3 is 2.96 bits per heavy atom. The molecule has 124 valence electrons. The van der Waals surface area contributed by atoms with Crippen molar-refractivity contribution in [1.82, 2.24) is 15.6 Å². The van der Waals surface area contributed by atoms with Gasteiger partial charge < -0.3 is 10.6 Å². The molecule has 24 heavy (non-hydrogen) atoms. The third-order valence-electron chi connectivity index (χ3n) is 4.37. The Morgan fingerprint density at radius 1 is 1.46 bits per heavy atom. The zero-order valence-corrected chi connectivity index (χ0v) is 14.4. The van der Waals surface area contributed by atoms with E-state index in [1.54, 1.807) is 12.1 Å². The van der Waals surface area contributed by atoms with E-state index in [0.717, 1.165) is 35.7 Å². The number of piperidine rings is 1. The fourth-order valence-electron chi connectivity index (χ4n) is 2.94. The summed E-state index contributed by atoms with van der Waals surface area (Å²) in [6.07, 6.45) is 1.98. The maximum absolute atomic E-state index is 12.3.